The Kier molecular flexibility index (Phi) is 6.53. The smallest absolute Gasteiger partial charge is 0.319 e. The molecule has 1 fully saturated rings. The highest BCUT2D eigenvalue weighted by molar-refractivity contribution is 5.94. The van der Waals surface area contributed by atoms with Gasteiger partial charge < -0.3 is 20.3 Å². The molecular weight excluding hydrogens is 354 g/mol. The molecule has 3 rings (SSSR count). The molecule has 2 N–H and O–H groups in total. The van der Waals surface area contributed by atoms with E-state index in [-0.39, 0.29) is 18.5 Å². The van der Waals surface area contributed by atoms with Gasteiger partial charge in [-0.3, -0.25) is 4.79 Å². The van der Waals surface area contributed by atoms with Crippen LogP contribution >= 0.6 is 0 Å². The monoisotopic (exact) mass is 377 g/mol. The zero-order valence-electron chi connectivity index (χ0n) is 15.8. The lowest BCUT2D eigenvalue weighted by molar-refractivity contribution is -0.119. The Hall–Kier alpha value is -3.46. The summed E-state index contributed by atoms with van der Waals surface area (Å²) in [7, 11) is 1.59. The summed E-state index contributed by atoms with van der Waals surface area (Å²) in [6.45, 7) is 1.01. The van der Waals surface area contributed by atoms with Gasteiger partial charge in [0.2, 0.25) is 5.91 Å². The van der Waals surface area contributed by atoms with E-state index in [9.17, 15) is 9.59 Å². The summed E-state index contributed by atoms with van der Waals surface area (Å²) in [4.78, 5) is 25.7. The number of ether oxygens (including phenoxy) is 1. The number of carbonyl (C=O) groups is 2. The summed E-state index contributed by atoms with van der Waals surface area (Å²) in [5, 5.41) is 5.42. The molecule has 0 unspecified atom stereocenters. The first kappa shape index (κ1) is 19.3. The van der Waals surface area contributed by atoms with Crippen molar-refractivity contribution in [1.29, 1.82) is 0 Å². The fraction of sp³-hybridized carbons (Fsp3) is 0.273. The SMILES string of the molecule is COc1ccc(NC(=O)NCC#Cc2ccc(N3CCCCC3=O)cc2)cc1. The average molecular weight is 377 g/mol. The van der Waals surface area contributed by atoms with Crippen LogP contribution in [0.1, 0.15) is 24.8 Å². The van der Waals surface area contributed by atoms with Crippen LogP contribution in [0.2, 0.25) is 0 Å². The summed E-state index contributed by atoms with van der Waals surface area (Å²) in [5.41, 5.74) is 2.42. The van der Waals surface area contributed by atoms with Gasteiger partial charge >= 0.3 is 6.03 Å². The molecule has 3 amide bonds. The summed E-state index contributed by atoms with van der Waals surface area (Å²) in [6, 6.07) is 14.4. The Morgan fingerprint density at radius 1 is 1.11 bits per heavy atom. The van der Waals surface area contributed by atoms with Crippen LogP contribution in [0.5, 0.6) is 5.75 Å². The molecule has 2 aromatic carbocycles. The molecule has 144 valence electrons. The first-order chi connectivity index (χ1) is 13.7. The number of anilines is 2. The third-order valence-electron chi connectivity index (χ3n) is 4.42. The normalized spacial score (nSPS) is 13.3. The standard InChI is InChI=1S/C22H23N3O3/c1-28-20-13-9-18(10-14-20)24-22(27)23-15-4-5-17-7-11-19(12-8-17)25-16-3-2-6-21(25)26/h7-14H,2-3,6,15-16H2,1H3,(H2,23,24,27). The third kappa shape index (κ3) is 5.27. The summed E-state index contributed by atoms with van der Waals surface area (Å²) < 4.78 is 5.08. The molecule has 0 radical (unpaired) electrons. The largest absolute Gasteiger partial charge is 0.497 e. The number of methoxy groups -OCH3 is 1. The second-order valence-electron chi connectivity index (χ2n) is 6.39. The topological polar surface area (TPSA) is 70.7 Å². The number of nitrogens with one attached hydrogen (secondary N) is 2. The van der Waals surface area contributed by atoms with E-state index in [0.717, 1.165) is 36.4 Å². The van der Waals surface area contributed by atoms with E-state index in [4.69, 9.17) is 4.74 Å². The van der Waals surface area contributed by atoms with Crippen molar-refractivity contribution in [2.75, 3.05) is 30.4 Å². The Morgan fingerprint density at radius 3 is 2.54 bits per heavy atom. The lowest BCUT2D eigenvalue weighted by atomic mass is 10.1. The third-order valence-corrected chi connectivity index (χ3v) is 4.42. The Balaban J connectivity index is 1.47. The summed E-state index contributed by atoms with van der Waals surface area (Å²) in [5.74, 6) is 6.84. The van der Waals surface area contributed by atoms with Crippen molar-refractivity contribution in [2.24, 2.45) is 0 Å². The molecular formula is C22H23N3O3. The summed E-state index contributed by atoms with van der Waals surface area (Å²) in [6.07, 6.45) is 2.63. The Morgan fingerprint density at radius 2 is 1.86 bits per heavy atom. The van der Waals surface area contributed by atoms with E-state index < -0.39 is 0 Å². The predicted octanol–water partition coefficient (Wildman–Crippen LogP) is 3.39. The maximum Gasteiger partial charge on any atom is 0.319 e. The van der Waals surface area contributed by atoms with Gasteiger partial charge in [-0.15, -0.1) is 0 Å². The summed E-state index contributed by atoms with van der Waals surface area (Å²) >= 11 is 0. The molecule has 0 atom stereocenters. The van der Waals surface area contributed by atoms with Crippen LogP contribution < -0.4 is 20.3 Å². The molecule has 6 heteroatoms. The number of hydrogen-bond acceptors (Lipinski definition) is 3. The molecule has 1 heterocycles. The molecule has 28 heavy (non-hydrogen) atoms. The minimum absolute atomic E-state index is 0.178. The van der Waals surface area contributed by atoms with Gasteiger partial charge in [0.1, 0.15) is 5.75 Å². The van der Waals surface area contributed by atoms with Crippen molar-refractivity contribution >= 4 is 23.3 Å². The predicted molar refractivity (Wildman–Crippen MR) is 110 cm³/mol. The molecule has 0 aliphatic carbocycles. The molecule has 1 aliphatic rings. The van der Waals surface area contributed by atoms with Crippen molar-refractivity contribution in [3.05, 3.63) is 54.1 Å². The van der Waals surface area contributed by atoms with E-state index in [1.165, 1.54) is 0 Å². The van der Waals surface area contributed by atoms with Gasteiger partial charge in [-0.25, -0.2) is 4.79 Å². The number of piperidine rings is 1. The van der Waals surface area contributed by atoms with Crippen LogP contribution in [0.15, 0.2) is 48.5 Å². The van der Waals surface area contributed by atoms with E-state index >= 15 is 0 Å². The molecule has 1 saturated heterocycles. The maximum absolute atomic E-state index is 12.0. The quantitative estimate of drug-likeness (QED) is 0.803. The highest BCUT2D eigenvalue weighted by Crippen LogP contribution is 2.21. The molecule has 1 aliphatic heterocycles. The molecule has 0 aromatic heterocycles. The number of urea groups is 1. The van der Waals surface area contributed by atoms with Gasteiger partial charge in [-0.2, -0.15) is 0 Å². The van der Waals surface area contributed by atoms with Gasteiger partial charge in [0, 0.05) is 29.9 Å². The minimum atomic E-state index is -0.321. The van der Waals surface area contributed by atoms with Crippen LogP contribution in [0.3, 0.4) is 0 Å². The molecule has 0 bridgehead atoms. The second kappa shape index (κ2) is 9.47. The Bertz CT molecular complexity index is 880. The van der Waals surface area contributed by atoms with Gasteiger partial charge in [-0.05, 0) is 61.4 Å². The van der Waals surface area contributed by atoms with Crippen LogP contribution in [0.25, 0.3) is 0 Å². The number of rotatable bonds is 4. The number of nitrogens with zero attached hydrogens (tertiary/aromatic N) is 1. The van der Waals surface area contributed by atoms with Gasteiger partial charge in [-0.1, -0.05) is 11.8 Å². The highest BCUT2D eigenvalue weighted by Gasteiger charge is 2.19. The highest BCUT2D eigenvalue weighted by atomic mass is 16.5. The molecule has 2 aromatic rings. The zero-order valence-corrected chi connectivity index (χ0v) is 15.8. The van der Waals surface area contributed by atoms with Crippen LogP contribution in [-0.2, 0) is 4.79 Å². The zero-order chi connectivity index (χ0) is 19.8. The number of amides is 3. The van der Waals surface area contributed by atoms with Crippen LogP contribution in [0, 0.1) is 11.8 Å². The van der Waals surface area contributed by atoms with Crippen LogP contribution in [-0.4, -0.2) is 32.1 Å². The first-order valence-electron chi connectivity index (χ1n) is 9.24. The van der Waals surface area contributed by atoms with Crippen molar-refractivity contribution in [2.45, 2.75) is 19.3 Å². The first-order valence-corrected chi connectivity index (χ1v) is 9.24. The van der Waals surface area contributed by atoms with Gasteiger partial charge in [0.15, 0.2) is 0 Å². The minimum Gasteiger partial charge on any atom is -0.497 e. The number of hydrogen-bond donors (Lipinski definition) is 2. The van der Waals surface area contributed by atoms with Crippen LogP contribution in [0.4, 0.5) is 16.2 Å². The van der Waals surface area contributed by atoms with E-state index in [1.54, 1.807) is 31.4 Å². The maximum atomic E-state index is 12.0. The van der Waals surface area contributed by atoms with E-state index in [0.29, 0.717) is 12.1 Å². The van der Waals surface area contributed by atoms with Crippen molar-refractivity contribution in [3.8, 4) is 17.6 Å². The molecule has 0 spiro atoms. The second-order valence-corrected chi connectivity index (χ2v) is 6.39. The fourth-order valence-electron chi connectivity index (χ4n) is 2.92. The Labute approximate surface area is 164 Å². The van der Waals surface area contributed by atoms with Gasteiger partial charge in [0.25, 0.3) is 0 Å². The average Bonchev–Trinajstić information content (AvgIpc) is 2.73. The molecule has 0 saturated carbocycles. The van der Waals surface area contributed by atoms with Crippen molar-refractivity contribution < 1.29 is 14.3 Å². The van der Waals surface area contributed by atoms with E-state index in [1.807, 2.05) is 29.2 Å². The lowest BCUT2D eigenvalue weighted by Crippen LogP contribution is -2.35. The lowest BCUT2D eigenvalue weighted by Gasteiger charge is -2.26. The van der Waals surface area contributed by atoms with E-state index in [2.05, 4.69) is 22.5 Å². The van der Waals surface area contributed by atoms with Crippen molar-refractivity contribution in [1.82, 2.24) is 5.32 Å². The van der Waals surface area contributed by atoms with Crippen molar-refractivity contribution in [3.63, 3.8) is 0 Å². The number of carbonyl (C=O) groups excluding carboxylic acids is 2. The van der Waals surface area contributed by atoms with Gasteiger partial charge in [0.05, 0.1) is 13.7 Å². The molecule has 6 nitrogen and oxygen atoms in total. The fourth-order valence-corrected chi connectivity index (χ4v) is 2.92. The number of benzene rings is 2.